The quantitative estimate of drug-likeness (QED) is 0.647. The van der Waals surface area contributed by atoms with Crippen molar-refractivity contribution in [3.63, 3.8) is 0 Å². The van der Waals surface area contributed by atoms with Gasteiger partial charge in [-0.25, -0.2) is 4.79 Å². The maximum atomic E-state index is 12.0. The Labute approximate surface area is 135 Å². The van der Waals surface area contributed by atoms with Gasteiger partial charge in [0.1, 0.15) is 18.1 Å². The summed E-state index contributed by atoms with van der Waals surface area (Å²) in [5, 5.41) is 18.9. The number of unbranched alkanes of at least 4 members (excludes halogenated alkanes) is 3. The van der Waals surface area contributed by atoms with Gasteiger partial charge in [0.15, 0.2) is 0 Å². The highest BCUT2D eigenvalue weighted by atomic mass is 16.5. The monoisotopic (exact) mass is 323 g/mol. The first kappa shape index (κ1) is 17.7. The van der Waals surface area contributed by atoms with Crippen molar-refractivity contribution in [2.24, 2.45) is 0 Å². The van der Waals surface area contributed by atoms with E-state index >= 15 is 0 Å². The largest absolute Gasteiger partial charge is 0.394 e. The van der Waals surface area contributed by atoms with Gasteiger partial charge in [0, 0.05) is 18.2 Å². The van der Waals surface area contributed by atoms with Crippen molar-refractivity contribution >= 4 is 11.9 Å². The van der Waals surface area contributed by atoms with E-state index in [1.807, 2.05) is 12.2 Å². The van der Waals surface area contributed by atoms with Crippen LogP contribution in [0.5, 0.6) is 0 Å². The second kappa shape index (κ2) is 8.24. The summed E-state index contributed by atoms with van der Waals surface area (Å²) in [7, 11) is 0. The number of aliphatic hydroxyl groups excluding tert-OH is 2. The summed E-state index contributed by atoms with van der Waals surface area (Å²) < 4.78 is 6.82. The number of ether oxygens (including phenoxy) is 1. The Hall–Kier alpha value is -1.70. The van der Waals surface area contributed by atoms with E-state index < -0.39 is 24.1 Å². The van der Waals surface area contributed by atoms with Crippen LogP contribution in [0.4, 0.5) is 5.82 Å². The minimum atomic E-state index is -0.803. The van der Waals surface area contributed by atoms with Crippen LogP contribution < -0.4 is 11.4 Å². The lowest BCUT2D eigenvalue weighted by atomic mass is 10.1. The molecule has 23 heavy (non-hydrogen) atoms. The Kier molecular flexibility index (Phi) is 6.32. The molecule has 0 saturated carbocycles. The van der Waals surface area contributed by atoms with E-state index in [2.05, 4.69) is 11.9 Å². The Morgan fingerprint density at radius 2 is 2.30 bits per heavy atom. The average Bonchev–Trinajstić information content (AvgIpc) is 2.89. The van der Waals surface area contributed by atoms with Crippen LogP contribution in [0.3, 0.4) is 0 Å². The number of allylic oxidation sites excluding steroid dienone is 1. The number of hydrogen-bond acceptors (Lipinski definition) is 6. The van der Waals surface area contributed by atoms with Crippen LogP contribution in [0.15, 0.2) is 17.1 Å². The third-order valence-electron chi connectivity index (χ3n) is 3.98. The van der Waals surface area contributed by atoms with E-state index in [1.54, 1.807) is 6.20 Å². The molecule has 128 valence electrons. The van der Waals surface area contributed by atoms with E-state index in [1.165, 1.54) is 11.0 Å². The minimum absolute atomic E-state index is 0.176. The Bertz CT molecular complexity index is 599. The lowest BCUT2D eigenvalue weighted by Crippen LogP contribution is -2.28. The first-order valence-electron chi connectivity index (χ1n) is 8.06. The van der Waals surface area contributed by atoms with Crippen molar-refractivity contribution in [1.82, 2.24) is 9.55 Å². The lowest BCUT2D eigenvalue weighted by molar-refractivity contribution is -0.0458. The highest BCUT2D eigenvalue weighted by Gasteiger charge is 2.35. The zero-order valence-corrected chi connectivity index (χ0v) is 13.4. The molecule has 3 atom stereocenters. The zero-order chi connectivity index (χ0) is 16.8. The lowest BCUT2D eigenvalue weighted by Gasteiger charge is -2.15. The van der Waals surface area contributed by atoms with E-state index in [9.17, 15) is 9.90 Å². The second-order valence-electron chi connectivity index (χ2n) is 5.78. The maximum Gasteiger partial charge on any atom is 0.351 e. The molecule has 7 heteroatoms. The Balaban J connectivity index is 2.15. The van der Waals surface area contributed by atoms with Crippen molar-refractivity contribution in [3.8, 4) is 0 Å². The van der Waals surface area contributed by atoms with Gasteiger partial charge in [0.25, 0.3) is 0 Å². The summed E-state index contributed by atoms with van der Waals surface area (Å²) in [6.45, 7) is 1.86. The summed E-state index contributed by atoms with van der Waals surface area (Å²) in [6, 6.07) is 0. The van der Waals surface area contributed by atoms with Gasteiger partial charge in [-0.1, -0.05) is 31.9 Å². The molecule has 0 aromatic carbocycles. The maximum absolute atomic E-state index is 12.0. The standard InChI is InChI=1S/C16H25N3O4/c1-2-3-4-5-6-7-11-9-19(16(22)18-15(11)17)14-8-12(21)13(10-20)23-14/h6-7,9,12-14,20-21H,2-5,8,10H2,1H3,(H2,17,18,22)/b7-6+/t12-,13+,14+/m0/s1. The van der Waals surface area contributed by atoms with Gasteiger partial charge in [-0.2, -0.15) is 4.98 Å². The van der Waals surface area contributed by atoms with Crippen LogP contribution in [0.2, 0.25) is 0 Å². The van der Waals surface area contributed by atoms with E-state index in [0.717, 1.165) is 19.3 Å². The number of rotatable bonds is 7. The fourth-order valence-electron chi connectivity index (χ4n) is 2.60. The SMILES string of the molecule is CCCCC/C=C/c1cn([C@H]2C[C@H](O)[C@@H](CO)O2)c(=O)nc1N. The normalized spacial score (nSPS) is 24.6. The fraction of sp³-hybridized carbons (Fsp3) is 0.625. The number of aromatic nitrogens is 2. The van der Waals surface area contributed by atoms with Crippen molar-refractivity contribution in [3.05, 3.63) is 28.3 Å². The van der Waals surface area contributed by atoms with Crippen LogP contribution in [-0.4, -0.2) is 38.6 Å². The molecular formula is C16H25N3O4. The summed E-state index contributed by atoms with van der Waals surface area (Å²) in [6.07, 6.45) is 7.95. The molecule has 1 fully saturated rings. The van der Waals surface area contributed by atoms with Gasteiger partial charge < -0.3 is 20.7 Å². The first-order valence-corrected chi connectivity index (χ1v) is 8.06. The van der Waals surface area contributed by atoms with Gasteiger partial charge in [0.2, 0.25) is 0 Å². The summed E-state index contributed by atoms with van der Waals surface area (Å²) >= 11 is 0. The summed E-state index contributed by atoms with van der Waals surface area (Å²) in [4.78, 5) is 15.8. The predicted octanol–water partition coefficient (Wildman–Crippen LogP) is 1.06. The van der Waals surface area contributed by atoms with E-state index in [0.29, 0.717) is 5.56 Å². The molecule has 0 bridgehead atoms. The van der Waals surface area contributed by atoms with Crippen LogP contribution in [0.25, 0.3) is 6.08 Å². The van der Waals surface area contributed by atoms with Crippen molar-refractivity contribution in [2.45, 2.75) is 57.5 Å². The molecular weight excluding hydrogens is 298 g/mol. The molecule has 4 N–H and O–H groups in total. The molecule has 1 saturated heterocycles. The van der Waals surface area contributed by atoms with Crippen LogP contribution in [0, 0.1) is 0 Å². The molecule has 2 rings (SSSR count). The highest BCUT2D eigenvalue weighted by Crippen LogP contribution is 2.28. The number of nitrogen functional groups attached to an aromatic ring is 1. The molecule has 1 aromatic heterocycles. The number of anilines is 1. The third kappa shape index (κ3) is 4.40. The highest BCUT2D eigenvalue weighted by molar-refractivity contribution is 5.59. The fourth-order valence-corrected chi connectivity index (χ4v) is 2.60. The average molecular weight is 323 g/mol. The van der Waals surface area contributed by atoms with Crippen molar-refractivity contribution in [2.75, 3.05) is 12.3 Å². The second-order valence-corrected chi connectivity index (χ2v) is 5.78. The van der Waals surface area contributed by atoms with Gasteiger partial charge in [-0.15, -0.1) is 0 Å². The number of hydrogen-bond donors (Lipinski definition) is 3. The van der Waals surface area contributed by atoms with Gasteiger partial charge in [-0.3, -0.25) is 4.57 Å². The first-order chi connectivity index (χ1) is 11.1. The molecule has 0 amide bonds. The molecule has 0 aliphatic carbocycles. The van der Waals surface area contributed by atoms with Gasteiger partial charge in [-0.05, 0) is 12.8 Å². The predicted molar refractivity (Wildman–Crippen MR) is 87.7 cm³/mol. The van der Waals surface area contributed by atoms with Crippen LogP contribution in [0.1, 0.15) is 50.8 Å². The smallest absolute Gasteiger partial charge is 0.351 e. The Morgan fingerprint density at radius 3 is 2.96 bits per heavy atom. The van der Waals surface area contributed by atoms with E-state index in [4.69, 9.17) is 15.6 Å². The Morgan fingerprint density at radius 1 is 1.52 bits per heavy atom. The third-order valence-corrected chi connectivity index (χ3v) is 3.98. The molecule has 0 spiro atoms. The molecule has 7 nitrogen and oxygen atoms in total. The van der Waals surface area contributed by atoms with E-state index in [-0.39, 0.29) is 18.8 Å². The number of nitrogens with two attached hydrogens (primary N) is 1. The molecule has 1 aromatic rings. The van der Waals surface area contributed by atoms with Crippen LogP contribution in [-0.2, 0) is 4.74 Å². The zero-order valence-electron chi connectivity index (χ0n) is 13.4. The molecule has 0 unspecified atom stereocenters. The molecule has 1 aliphatic heterocycles. The van der Waals surface area contributed by atoms with Gasteiger partial charge in [0.05, 0.1) is 12.7 Å². The van der Waals surface area contributed by atoms with Crippen molar-refractivity contribution in [1.29, 1.82) is 0 Å². The molecule has 0 radical (unpaired) electrons. The molecule has 2 heterocycles. The number of nitrogens with zero attached hydrogens (tertiary/aromatic N) is 2. The summed E-state index contributed by atoms with van der Waals surface area (Å²) in [5.41, 5.74) is 5.92. The summed E-state index contributed by atoms with van der Waals surface area (Å²) in [5.74, 6) is 0.176. The van der Waals surface area contributed by atoms with Crippen LogP contribution >= 0.6 is 0 Å². The van der Waals surface area contributed by atoms with Crippen molar-refractivity contribution < 1.29 is 14.9 Å². The molecule has 1 aliphatic rings. The minimum Gasteiger partial charge on any atom is -0.394 e. The number of aliphatic hydroxyl groups is 2. The topological polar surface area (TPSA) is 111 Å². The van der Waals surface area contributed by atoms with Gasteiger partial charge >= 0.3 is 5.69 Å².